The van der Waals surface area contributed by atoms with E-state index in [1.807, 2.05) is 13.0 Å². The molecule has 0 aromatic heterocycles. The number of carbonyl (C=O) groups excluding carboxylic acids is 5. The molecule has 0 saturated carbocycles. The van der Waals surface area contributed by atoms with E-state index in [0.29, 0.717) is 38.0 Å². The second-order valence-electron chi connectivity index (χ2n) is 13.6. The van der Waals surface area contributed by atoms with Gasteiger partial charge in [0, 0.05) is 36.8 Å². The van der Waals surface area contributed by atoms with Crippen LogP contribution in [0.15, 0.2) is 77.3 Å². The van der Waals surface area contributed by atoms with Crippen molar-refractivity contribution in [1.29, 1.82) is 0 Å². The summed E-state index contributed by atoms with van der Waals surface area (Å²) in [4.78, 5) is 82.4. The van der Waals surface area contributed by atoms with Crippen LogP contribution in [0.2, 0.25) is 0 Å². The molecule has 15 nitrogen and oxygen atoms in total. The lowest BCUT2D eigenvalue weighted by Crippen LogP contribution is -2.22. The van der Waals surface area contributed by atoms with Crippen molar-refractivity contribution >= 4 is 39.1 Å². The minimum atomic E-state index is -0.885. The third-order valence-corrected chi connectivity index (χ3v) is 8.80. The highest BCUT2D eigenvalue weighted by Gasteiger charge is 2.21. The Balaban J connectivity index is 1.23. The van der Waals surface area contributed by atoms with Gasteiger partial charge in [-0.2, -0.15) is 0 Å². The summed E-state index contributed by atoms with van der Waals surface area (Å²) in [6, 6.07) is 3.73. The van der Waals surface area contributed by atoms with Crippen LogP contribution >= 0.6 is 9.24 Å². The first-order valence-corrected chi connectivity index (χ1v) is 19.8. The summed E-state index contributed by atoms with van der Waals surface area (Å²) in [6.07, 6.45) is 14.3. The predicted molar refractivity (Wildman–Crippen MR) is 207 cm³/mol. The van der Waals surface area contributed by atoms with Gasteiger partial charge in [0.05, 0.1) is 38.6 Å². The lowest BCUT2D eigenvalue weighted by Gasteiger charge is -2.22. The summed E-state index contributed by atoms with van der Waals surface area (Å²) < 4.78 is 27.2. The maximum absolute atomic E-state index is 13.2. The molecule has 2 atom stereocenters. The molecule has 3 aliphatic rings. The minimum Gasteiger partial charge on any atom is -0.462 e. The molecule has 310 valence electrons. The van der Waals surface area contributed by atoms with Crippen LogP contribution in [0.1, 0.15) is 114 Å². The zero-order valence-electron chi connectivity index (χ0n) is 32.3. The lowest BCUT2D eigenvalue weighted by molar-refractivity contribution is -0.216. The maximum Gasteiger partial charge on any atom is 0.356 e. The first kappa shape index (κ1) is 44.7. The number of nitrogens with one attached hydrogen (secondary N) is 1. The molecule has 1 N–H and O–H groups in total. The van der Waals surface area contributed by atoms with Gasteiger partial charge in [0.15, 0.2) is 17.8 Å². The number of rotatable bonds is 23. The van der Waals surface area contributed by atoms with E-state index in [0.717, 1.165) is 68.3 Å². The summed E-state index contributed by atoms with van der Waals surface area (Å²) in [5.74, 6) is -3.61. The molecule has 0 bridgehead atoms. The molecule has 1 aromatic rings. The van der Waals surface area contributed by atoms with Crippen molar-refractivity contribution < 1.29 is 67.2 Å². The average molecular weight is 814 g/mol. The van der Waals surface area contributed by atoms with Gasteiger partial charge < -0.3 is 29.0 Å². The molecule has 2 unspecified atom stereocenters. The number of hydrogen-bond donors (Lipinski definition) is 1. The van der Waals surface area contributed by atoms with Crippen molar-refractivity contribution in [3.05, 3.63) is 82.9 Å². The van der Waals surface area contributed by atoms with Crippen molar-refractivity contribution in [3.8, 4) is 11.5 Å². The van der Waals surface area contributed by atoms with E-state index >= 15 is 0 Å². The molecule has 1 saturated heterocycles. The van der Waals surface area contributed by atoms with E-state index in [1.165, 1.54) is 30.0 Å². The van der Waals surface area contributed by atoms with E-state index in [1.54, 1.807) is 12.2 Å². The van der Waals surface area contributed by atoms with Gasteiger partial charge in [0.1, 0.15) is 11.3 Å². The maximum atomic E-state index is 13.2. The van der Waals surface area contributed by atoms with Gasteiger partial charge in [-0.25, -0.2) is 14.4 Å². The zero-order valence-corrected chi connectivity index (χ0v) is 33.5. The molecule has 1 aromatic carbocycles. The minimum absolute atomic E-state index is 0.0836. The molecule has 0 radical (unpaired) electrons. The van der Waals surface area contributed by atoms with Crippen molar-refractivity contribution in [3.63, 3.8) is 0 Å². The van der Waals surface area contributed by atoms with Gasteiger partial charge in [-0.3, -0.25) is 29.1 Å². The van der Waals surface area contributed by atoms with Gasteiger partial charge in [-0.1, -0.05) is 33.9 Å². The molecule has 57 heavy (non-hydrogen) atoms. The van der Waals surface area contributed by atoms with E-state index in [2.05, 4.69) is 21.1 Å². The Bertz CT molecular complexity index is 1710. The van der Waals surface area contributed by atoms with Crippen LogP contribution in [0.25, 0.3) is 0 Å². The molecule has 4 rings (SSSR count). The zero-order chi connectivity index (χ0) is 40.8. The third kappa shape index (κ3) is 17.8. The van der Waals surface area contributed by atoms with Crippen LogP contribution in [-0.2, 0) is 52.6 Å². The summed E-state index contributed by atoms with van der Waals surface area (Å²) in [5.41, 5.74) is 3.61. The molecule has 16 heteroatoms. The average Bonchev–Trinajstić information content (AvgIpc) is 3.63. The van der Waals surface area contributed by atoms with E-state index in [-0.39, 0.29) is 55.6 Å². The highest BCUT2D eigenvalue weighted by molar-refractivity contribution is 7.22. The number of hydrogen-bond acceptors (Lipinski definition) is 15. The van der Waals surface area contributed by atoms with Gasteiger partial charge in [0.25, 0.3) is 0 Å². The number of allylic oxidation sites excluding steroid dienone is 7. The molecular formula is C41H52NO14P. The summed E-state index contributed by atoms with van der Waals surface area (Å²) in [7, 11) is 2.46. The smallest absolute Gasteiger partial charge is 0.356 e. The Hall–Kier alpha value is -4.98. The van der Waals surface area contributed by atoms with Gasteiger partial charge in [-0.15, -0.1) is 0 Å². The fourth-order valence-corrected chi connectivity index (χ4v) is 5.83. The number of esters is 3. The normalized spacial score (nSPS) is 17.0. The van der Waals surface area contributed by atoms with Gasteiger partial charge >= 0.3 is 29.8 Å². The predicted octanol–water partition coefficient (Wildman–Crippen LogP) is 7.39. The first-order chi connectivity index (χ1) is 27.5. The van der Waals surface area contributed by atoms with Crippen LogP contribution in [0.4, 0.5) is 0 Å². The highest BCUT2D eigenvalue weighted by atomic mass is 31.0. The Morgan fingerprint density at radius 1 is 0.895 bits per heavy atom. The number of benzene rings is 1. The number of ether oxygens (including phenoxy) is 5. The fourth-order valence-electron chi connectivity index (χ4n) is 5.64. The molecule has 1 heterocycles. The molecular weight excluding hydrogens is 761 g/mol. The molecule has 0 spiro atoms. The molecule has 1 fully saturated rings. The van der Waals surface area contributed by atoms with Crippen LogP contribution in [0.3, 0.4) is 0 Å². The Morgan fingerprint density at radius 2 is 1.63 bits per heavy atom. The quantitative estimate of drug-likeness (QED) is 0.0169. The van der Waals surface area contributed by atoms with E-state index < -0.39 is 29.8 Å². The van der Waals surface area contributed by atoms with Crippen molar-refractivity contribution in [2.75, 3.05) is 19.8 Å². The van der Waals surface area contributed by atoms with E-state index in [9.17, 15) is 24.0 Å². The van der Waals surface area contributed by atoms with Crippen molar-refractivity contribution in [1.82, 2.24) is 5.32 Å². The molecule has 2 aliphatic carbocycles. The Morgan fingerprint density at radius 3 is 2.32 bits per heavy atom. The van der Waals surface area contributed by atoms with Crippen molar-refractivity contribution in [2.45, 2.75) is 110 Å². The van der Waals surface area contributed by atoms with Gasteiger partial charge in [0.2, 0.25) is 0 Å². The lowest BCUT2D eigenvalue weighted by atomic mass is 10.1. The largest absolute Gasteiger partial charge is 0.462 e. The standard InChI is InChI=1S/C41H52NO14P/c1-28-10-11-30(25-28)27-51-36(43)18-20-39(46)56-54-35-17-16-33(26-34(35)41(47)50-24-7-4-3-6-22-48-40-9-5-8-23-49-40)53-55-38(45)21-19-37(44)52-32-14-12-31(13-15-32)42-29(2)57/h10,12,14,16-17,26-27,40,42H,2-9,11,13,15,18-25,57H2,1H3/b30-27-. The summed E-state index contributed by atoms with van der Waals surface area (Å²) in [6.45, 7) is 7.16. The Labute approximate surface area is 334 Å². The topological polar surface area (TPSA) is 180 Å². The number of unbranched alkanes of at least 4 members (excludes halogenated alkanes) is 3. The third-order valence-electron chi connectivity index (χ3n) is 8.66. The number of carbonyl (C=O) groups is 5. The second-order valence-corrected chi connectivity index (χ2v) is 14.3. The van der Waals surface area contributed by atoms with Crippen LogP contribution in [-0.4, -0.2) is 56.0 Å². The first-order valence-electron chi connectivity index (χ1n) is 19.2. The fraction of sp³-hybridized carbons (Fsp3) is 0.488. The van der Waals surface area contributed by atoms with Crippen LogP contribution < -0.4 is 15.1 Å². The highest BCUT2D eigenvalue weighted by Crippen LogP contribution is 2.27. The second kappa shape index (κ2) is 24.6. The van der Waals surface area contributed by atoms with E-state index in [4.69, 9.17) is 43.2 Å². The molecule has 1 aliphatic heterocycles. The monoisotopic (exact) mass is 813 g/mol. The van der Waals surface area contributed by atoms with Crippen molar-refractivity contribution in [2.24, 2.45) is 0 Å². The summed E-state index contributed by atoms with van der Waals surface area (Å²) >= 11 is 0. The van der Waals surface area contributed by atoms with Crippen LogP contribution in [0, 0.1) is 0 Å². The van der Waals surface area contributed by atoms with Crippen LogP contribution in [0.5, 0.6) is 11.5 Å². The SMILES string of the molecule is C=C(P)NC1=CC=C(OC(=O)CCC(=O)OOc2ccc(OOC(=O)CCC(=O)O/C=C3/CC=C(C)C3)c(C(=O)OCCCCCCOC3CCCCO3)c2)CC1. The molecule has 0 amide bonds. The summed E-state index contributed by atoms with van der Waals surface area (Å²) in [5, 5.41) is 3.09. The Kier molecular flexibility index (Phi) is 19.3. The van der Waals surface area contributed by atoms with Gasteiger partial charge in [-0.05, 0) is 94.6 Å².